The predicted octanol–water partition coefficient (Wildman–Crippen LogP) is 9.11. The van der Waals surface area contributed by atoms with Gasteiger partial charge in [0.1, 0.15) is 5.75 Å². The maximum Gasteiger partial charge on any atom is 0.238 e. The van der Waals surface area contributed by atoms with Crippen molar-refractivity contribution in [3.05, 3.63) is 146 Å². The van der Waals surface area contributed by atoms with Gasteiger partial charge in [-0.2, -0.15) is 9.97 Å². The minimum Gasteiger partial charge on any atom is -0.508 e. The van der Waals surface area contributed by atoms with Crippen molar-refractivity contribution in [2.24, 2.45) is 0 Å². The zero-order valence-corrected chi connectivity index (χ0v) is 24.0. The summed E-state index contributed by atoms with van der Waals surface area (Å²) < 4.78 is 4.41. The molecule has 0 aliphatic rings. The molecule has 0 aliphatic heterocycles. The molecule has 212 valence electrons. The molecule has 0 bridgehead atoms. The number of aromatic hydroxyl groups is 1. The Morgan fingerprint density at radius 3 is 1.71 bits per heavy atom. The number of para-hydroxylation sites is 2. The summed E-state index contributed by atoms with van der Waals surface area (Å²) in [6, 6.07) is 48.7. The molecule has 0 amide bonds. The maximum absolute atomic E-state index is 10.7. The summed E-state index contributed by atoms with van der Waals surface area (Å²) in [5, 5.41) is 14.9. The summed E-state index contributed by atoms with van der Waals surface area (Å²) in [4.78, 5) is 15.2. The second kappa shape index (κ2) is 9.89. The van der Waals surface area contributed by atoms with Gasteiger partial charge in [0, 0.05) is 38.4 Å². The van der Waals surface area contributed by atoms with E-state index in [-0.39, 0.29) is 5.75 Å². The highest BCUT2D eigenvalue weighted by molar-refractivity contribution is 6.26. The van der Waals surface area contributed by atoms with Crippen LogP contribution in [0.15, 0.2) is 146 Å². The lowest BCUT2D eigenvalue weighted by Crippen LogP contribution is -2.06. The average molecular weight is 580 g/mol. The zero-order valence-electron chi connectivity index (χ0n) is 24.0. The molecule has 0 saturated heterocycles. The second-order valence-corrected chi connectivity index (χ2v) is 11.1. The van der Waals surface area contributed by atoms with Crippen LogP contribution in [0.25, 0.3) is 78.0 Å². The number of nitrogens with zero attached hydrogens (tertiary/aromatic N) is 5. The number of aromatic nitrogens is 5. The molecule has 0 radical (unpaired) electrons. The molecule has 0 unspecified atom stereocenters. The fourth-order valence-electron chi connectivity index (χ4n) is 6.51. The third-order valence-corrected chi connectivity index (χ3v) is 8.45. The number of hydrogen-bond acceptors (Lipinski definition) is 4. The number of benzene rings is 6. The lowest BCUT2D eigenvalue weighted by atomic mass is 10.1. The van der Waals surface area contributed by atoms with Crippen molar-refractivity contribution in [3.8, 4) is 40.2 Å². The Bertz CT molecular complexity index is 2480. The summed E-state index contributed by atoms with van der Waals surface area (Å²) in [6.07, 6.45) is 0. The lowest BCUT2D eigenvalue weighted by molar-refractivity contribution is 0.476. The molecule has 9 aromatic rings. The van der Waals surface area contributed by atoms with Crippen molar-refractivity contribution >= 4 is 43.6 Å². The molecule has 6 heteroatoms. The molecule has 45 heavy (non-hydrogen) atoms. The highest BCUT2D eigenvalue weighted by Gasteiger charge is 2.23. The van der Waals surface area contributed by atoms with Crippen molar-refractivity contribution in [2.75, 3.05) is 0 Å². The number of phenolic OH excluding ortho intramolecular Hbond substituents is 1. The quantitative estimate of drug-likeness (QED) is 0.226. The normalized spacial score (nSPS) is 11.6. The number of fused-ring (bicyclic) bond motifs is 7. The Kier molecular flexibility index (Phi) is 5.55. The van der Waals surface area contributed by atoms with E-state index in [0.29, 0.717) is 17.6 Å². The number of rotatable bonds is 4. The highest BCUT2D eigenvalue weighted by atomic mass is 16.3. The fourth-order valence-corrected chi connectivity index (χ4v) is 6.51. The Morgan fingerprint density at radius 2 is 1.02 bits per heavy atom. The summed E-state index contributed by atoms with van der Waals surface area (Å²) in [7, 11) is 0. The van der Waals surface area contributed by atoms with E-state index in [1.165, 1.54) is 0 Å². The third-order valence-electron chi connectivity index (χ3n) is 8.45. The molecule has 3 aromatic heterocycles. The first-order chi connectivity index (χ1) is 22.2. The van der Waals surface area contributed by atoms with E-state index in [0.717, 1.165) is 60.4 Å². The predicted molar refractivity (Wildman–Crippen MR) is 181 cm³/mol. The Hall–Kier alpha value is -6.27. The van der Waals surface area contributed by atoms with E-state index in [9.17, 15) is 5.11 Å². The van der Waals surface area contributed by atoms with Gasteiger partial charge in [-0.1, -0.05) is 103 Å². The zero-order chi connectivity index (χ0) is 29.9. The van der Waals surface area contributed by atoms with Crippen LogP contribution in [0, 0.1) is 0 Å². The average Bonchev–Trinajstić information content (AvgIpc) is 3.62. The van der Waals surface area contributed by atoms with Crippen molar-refractivity contribution in [1.29, 1.82) is 0 Å². The number of phenols is 1. The highest BCUT2D eigenvalue weighted by Crippen LogP contribution is 2.42. The van der Waals surface area contributed by atoms with Gasteiger partial charge in [-0.15, -0.1) is 0 Å². The maximum atomic E-state index is 10.7. The number of hydrogen-bond donors (Lipinski definition) is 1. The van der Waals surface area contributed by atoms with Gasteiger partial charge in [0.25, 0.3) is 0 Å². The van der Waals surface area contributed by atoms with Crippen molar-refractivity contribution in [1.82, 2.24) is 24.1 Å². The van der Waals surface area contributed by atoms with Crippen LogP contribution in [0.3, 0.4) is 0 Å². The van der Waals surface area contributed by atoms with Gasteiger partial charge in [-0.05, 0) is 42.5 Å². The van der Waals surface area contributed by atoms with Gasteiger partial charge in [-0.25, -0.2) is 4.98 Å². The monoisotopic (exact) mass is 579 g/mol. The molecule has 0 aliphatic carbocycles. The van der Waals surface area contributed by atoms with Gasteiger partial charge in [-0.3, -0.25) is 4.57 Å². The van der Waals surface area contributed by atoms with Crippen LogP contribution in [0.2, 0.25) is 0 Å². The van der Waals surface area contributed by atoms with Crippen LogP contribution in [0.5, 0.6) is 5.75 Å². The molecular formula is C39H25N5O. The first-order valence-corrected chi connectivity index (χ1v) is 14.9. The molecule has 6 nitrogen and oxygen atoms in total. The molecule has 1 N–H and O–H groups in total. The molecule has 0 spiro atoms. The fraction of sp³-hybridized carbons (Fsp3) is 0. The minimum atomic E-state index is 0.215. The van der Waals surface area contributed by atoms with Gasteiger partial charge in [0.15, 0.2) is 11.6 Å². The smallest absolute Gasteiger partial charge is 0.238 e. The topological polar surface area (TPSA) is 68.8 Å². The molecule has 9 rings (SSSR count). The third kappa shape index (κ3) is 3.93. The molecule has 6 aromatic carbocycles. The summed E-state index contributed by atoms with van der Waals surface area (Å²) in [5.74, 6) is 1.94. The Balaban J connectivity index is 1.47. The Morgan fingerprint density at radius 1 is 0.444 bits per heavy atom. The van der Waals surface area contributed by atoms with E-state index >= 15 is 0 Å². The molecule has 0 saturated carbocycles. The van der Waals surface area contributed by atoms with Crippen LogP contribution in [0.1, 0.15) is 0 Å². The Labute approximate surface area is 258 Å². The van der Waals surface area contributed by atoms with E-state index in [1.807, 2.05) is 97.1 Å². The van der Waals surface area contributed by atoms with Crippen LogP contribution >= 0.6 is 0 Å². The molecule has 3 heterocycles. The van der Waals surface area contributed by atoms with Crippen LogP contribution in [-0.4, -0.2) is 29.2 Å². The summed E-state index contributed by atoms with van der Waals surface area (Å²) in [6.45, 7) is 0. The van der Waals surface area contributed by atoms with Crippen molar-refractivity contribution in [2.45, 2.75) is 0 Å². The first kappa shape index (κ1) is 25.2. The first-order valence-electron chi connectivity index (χ1n) is 14.9. The van der Waals surface area contributed by atoms with Crippen molar-refractivity contribution in [3.63, 3.8) is 0 Å². The van der Waals surface area contributed by atoms with E-state index in [4.69, 9.17) is 15.0 Å². The largest absolute Gasteiger partial charge is 0.508 e. The summed E-state index contributed by atoms with van der Waals surface area (Å²) in [5.41, 5.74) is 6.86. The van der Waals surface area contributed by atoms with Crippen LogP contribution in [0.4, 0.5) is 0 Å². The molecule has 0 fully saturated rings. The van der Waals surface area contributed by atoms with Crippen molar-refractivity contribution < 1.29 is 5.11 Å². The molecule has 0 atom stereocenters. The van der Waals surface area contributed by atoms with E-state index < -0.39 is 0 Å². The van der Waals surface area contributed by atoms with Crippen LogP contribution in [-0.2, 0) is 0 Å². The standard InChI is InChI=1S/C39H25N5O/c45-28-20-22-33-31(24-28)35-34(43(33)27-16-8-3-9-17-27)23-21-30-29-18-10-11-19-32(29)44(36(30)35)39-41-37(25-12-4-1-5-13-25)40-38(42-39)26-14-6-2-7-15-26/h1-24,45H. The lowest BCUT2D eigenvalue weighted by Gasteiger charge is -2.11. The minimum absolute atomic E-state index is 0.215. The van der Waals surface area contributed by atoms with Gasteiger partial charge in [0.05, 0.1) is 22.1 Å². The van der Waals surface area contributed by atoms with Gasteiger partial charge in [0.2, 0.25) is 5.95 Å². The van der Waals surface area contributed by atoms with Crippen LogP contribution < -0.4 is 0 Å². The second-order valence-electron chi connectivity index (χ2n) is 11.1. The van der Waals surface area contributed by atoms with E-state index in [2.05, 4.69) is 51.6 Å². The van der Waals surface area contributed by atoms with Gasteiger partial charge >= 0.3 is 0 Å². The SMILES string of the molecule is Oc1ccc2c(c1)c1c(ccc3c4ccccc4n(-c4nc(-c5ccccc5)nc(-c5ccccc5)n4)c31)n2-c1ccccc1. The molecular weight excluding hydrogens is 554 g/mol. The summed E-state index contributed by atoms with van der Waals surface area (Å²) >= 11 is 0. The van der Waals surface area contributed by atoms with Gasteiger partial charge < -0.3 is 9.67 Å². The van der Waals surface area contributed by atoms with E-state index in [1.54, 1.807) is 6.07 Å².